The van der Waals surface area contributed by atoms with Gasteiger partial charge < -0.3 is 8.85 Å². The van der Waals surface area contributed by atoms with Crippen LogP contribution >= 0.6 is 0 Å². The third-order valence-electron chi connectivity index (χ3n) is 3.40. The molecule has 0 aliphatic carbocycles. The Balaban J connectivity index is 2.62. The molecular weight excluding hydrogens is 308 g/mol. The van der Waals surface area contributed by atoms with E-state index >= 15 is 0 Å². The van der Waals surface area contributed by atoms with E-state index in [-0.39, 0.29) is 24.8 Å². The van der Waals surface area contributed by atoms with Crippen LogP contribution in [0.3, 0.4) is 0 Å². The Morgan fingerprint density at radius 2 is 1.09 bits per heavy atom. The molecule has 2 aromatic carbocycles. The summed E-state index contributed by atoms with van der Waals surface area (Å²) in [4.78, 5) is 24.1. The molecule has 0 aliphatic heterocycles. The maximum atomic E-state index is 12.1. The summed E-state index contributed by atoms with van der Waals surface area (Å²) in [6.45, 7) is 3.44. The molecule has 0 bridgehead atoms. The average molecular weight is 328 g/mol. The second-order valence-corrected chi connectivity index (χ2v) is 7.80. The molecule has 23 heavy (non-hydrogen) atoms. The Bertz CT molecular complexity index is 596. The van der Waals surface area contributed by atoms with Crippen LogP contribution in [0.5, 0.6) is 0 Å². The summed E-state index contributed by atoms with van der Waals surface area (Å²) >= 11 is 0. The van der Waals surface area contributed by atoms with Crippen LogP contribution in [0.2, 0.25) is 0 Å². The number of carbonyl (C=O) groups excluding carboxylic acids is 2. The van der Waals surface area contributed by atoms with Crippen LogP contribution in [0.15, 0.2) is 60.7 Å². The monoisotopic (exact) mass is 328 g/mol. The van der Waals surface area contributed by atoms with Gasteiger partial charge in [0.2, 0.25) is 0 Å². The molecule has 2 rings (SSSR count). The lowest BCUT2D eigenvalue weighted by atomic mass is 10.4. The zero-order valence-electron chi connectivity index (χ0n) is 13.3. The zero-order valence-corrected chi connectivity index (χ0v) is 14.3. The van der Waals surface area contributed by atoms with Crippen LogP contribution in [0, 0.1) is 0 Å². The third-order valence-corrected chi connectivity index (χ3v) is 6.62. The maximum Gasteiger partial charge on any atom is 0.534 e. The molecule has 0 atom stereocenters. The van der Waals surface area contributed by atoms with E-state index in [4.69, 9.17) is 8.85 Å². The molecule has 4 nitrogen and oxygen atoms in total. The lowest BCUT2D eigenvalue weighted by Crippen LogP contribution is -2.65. The molecular formula is C18H20O4Si. The highest BCUT2D eigenvalue weighted by atomic mass is 28.4. The Morgan fingerprint density at radius 3 is 1.39 bits per heavy atom. The van der Waals surface area contributed by atoms with E-state index in [1.807, 2.05) is 60.7 Å². The van der Waals surface area contributed by atoms with Gasteiger partial charge in [0.05, 0.1) is 0 Å². The highest BCUT2D eigenvalue weighted by Crippen LogP contribution is 2.12. The molecule has 0 aliphatic rings. The number of benzene rings is 2. The summed E-state index contributed by atoms with van der Waals surface area (Å²) in [6.07, 6.45) is 0.441. The minimum Gasteiger partial charge on any atom is -0.478 e. The Hall–Kier alpha value is -2.40. The number of hydrogen-bond donors (Lipinski definition) is 0. The molecule has 5 heteroatoms. The van der Waals surface area contributed by atoms with E-state index in [1.165, 1.54) is 0 Å². The molecule has 0 saturated carbocycles. The van der Waals surface area contributed by atoms with E-state index in [0.717, 1.165) is 10.4 Å². The highest BCUT2D eigenvalue weighted by Gasteiger charge is 2.49. The Kier molecular flexibility index (Phi) is 5.70. The summed E-state index contributed by atoms with van der Waals surface area (Å²) in [6, 6.07) is 18.5. The van der Waals surface area contributed by atoms with Gasteiger partial charge in [-0.1, -0.05) is 74.5 Å². The second-order valence-electron chi connectivity index (χ2n) is 5.00. The Morgan fingerprint density at radius 1 is 0.739 bits per heavy atom. The van der Waals surface area contributed by atoms with Crippen LogP contribution in [-0.4, -0.2) is 20.5 Å². The molecule has 0 radical (unpaired) electrons. The van der Waals surface area contributed by atoms with E-state index < -0.39 is 8.56 Å². The predicted molar refractivity (Wildman–Crippen MR) is 90.7 cm³/mol. The normalized spacial score (nSPS) is 10.9. The second kappa shape index (κ2) is 7.74. The Labute approximate surface area is 137 Å². The first-order chi connectivity index (χ1) is 11.1. The summed E-state index contributed by atoms with van der Waals surface area (Å²) < 4.78 is 11.6. The molecule has 0 unspecified atom stereocenters. The third kappa shape index (κ3) is 3.87. The van der Waals surface area contributed by atoms with E-state index in [0.29, 0.717) is 0 Å². The van der Waals surface area contributed by atoms with E-state index in [1.54, 1.807) is 13.8 Å². The van der Waals surface area contributed by atoms with Gasteiger partial charge in [0.1, 0.15) is 0 Å². The number of carbonyl (C=O) groups is 2. The summed E-state index contributed by atoms with van der Waals surface area (Å²) in [7, 11) is -3.41. The van der Waals surface area contributed by atoms with Crippen molar-refractivity contribution in [2.24, 2.45) is 0 Å². The maximum absolute atomic E-state index is 12.1. The van der Waals surface area contributed by atoms with Crippen molar-refractivity contribution < 1.29 is 18.4 Å². The van der Waals surface area contributed by atoms with Crippen LogP contribution in [0.25, 0.3) is 0 Å². The number of rotatable bonds is 6. The molecule has 0 aromatic heterocycles. The molecule has 0 amide bonds. The van der Waals surface area contributed by atoms with Gasteiger partial charge in [-0.2, -0.15) is 0 Å². The lowest BCUT2D eigenvalue weighted by molar-refractivity contribution is -0.140. The molecule has 120 valence electrons. The van der Waals surface area contributed by atoms with Gasteiger partial charge in [-0.3, -0.25) is 9.59 Å². The van der Waals surface area contributed by atoms with Crippen LogP contribution < -0.4 is 10.4 Å². The predicted octanol–water partition coefficient (Wildman–Crippen LogP) is 2.15. The minimum absolute atomic E-state index is 0.220. The van der Waals surface area contributed by atoms with Crippen molar-refractivity contribution in [3.63, 3.8) is 0 Å². The van der Waals surface area contributed by atoms with Gasteiger partial charge in [-0.15, -0.1) is 0 Å². The molecule has 2 aromatic rings. The van der Waals surface area contributed by atoms with Gasteiger partial charge >= 0.3 is 8.56 Å². The van der Waals surface area contributed by atoms with Crippen molar-refractivity contribution >= 4 is 30.9 Å². The van der Waals surface area contributed by atoms with E-state index in [2.05, 4.69) is 0 Å². The molecule has 0 saturated heterocycles. The van der Waals surface area contributed by atoms with Crippen molar-refractivity contribution in [3.05, 3.63) is 60.7 Å². The van der Waals surface area contributed by atoms with Gasteiger partial charge in [0, 0.05) is 23.2 Å². The van der Waals surface area contributed by atoms with Gasteiger partial charge in [-0.25, -0.2) is 0 Å². The fourth-order valence-corrected chi connectivity index (χ4v) is 5.24. The fraction of sp³-hybridized carbons (Fsp3) is 0.222. The number of hydrogen-bond acceptors (Lipinski definition) is 4. The molecule has 0 heterocycles. The van der Waals surface area contributed by atoms with Crippen LogP contribution in [0.4, 0.5) is 0 Å². The summed E-state index contributed by atoms with van der Waals surface area (Å²) in [5.74, 6) is -0.762. The van der Waals surface area contributed by atoms with Crippen LogP contribution in [0.1, 0.15) is 26.7 Å². The van der Waals surface area contributed by atoms with Gasteiger partial charge in [-0.05, 0) is 0 Å². The van der Waals surface area contributed by atoms with Crippen molar-refractivity contribution in [2.75, 3.05) is 0 Å². The molecule has 0 N–H and O–H groups in total. The minimum atomic E-state index is -3.41. The van der Waals surface area contributed by atoms with Crippen molar-refractivity contribution in [1.82, 2.24) is 0 Å². The first-order valence-electron chi connectivity index (χ1n) is 7.67. The highest BCUT2D eigenvalue weighted by molar-refractivity contribution is 6.94. The summed E-state index contributed by atoms with van der Waals surface area (Å²) in [5.41, 5.74) is 0. The fourth-order valence-electron chi connectivity index (χ4n) is 2.20. The van der Waals surface area contributed by atoms with Gasteiger partial charge in [0.15, 0.2) is 0 Å². The van der Waals surface area contributed by atoms with E-state index in [9.17, 15) is 9.59 Å². The van der Waals surface area contributed by atoms with Crippen LogP contribution in [-0.2, 0) is 18.4 Å². The summed E-state index contributed by atoms with van der Waals surface area (Å²) in [5, 5.41) is 1.46. The first-order valence-corrected chi connectivity index (χ1v) is 9.48. The van der Waals surface area contributed by atoms with Crippen molar-refractivity contribution in [2.45, 2.75) is 26.7 Å². The standard InChI is InChI=1S/C18H20O4Si/c1-3-17(19)21-23(22-18(20)4-2,15-11-7-5-8-12-15)16-13-9-6-10-14-16/h5-14H,3-4H2,1-2H3. The average Bonchev–Trinajstić information content (AvgIpc) is 2.62. The molecule has 0 spiro atoms. The van der Waals surface area contributed by atoms with Gasteiger partial charge in [0.25, 0.3) is 11.9 Å². The zero-order chi connectivity index (χ0) is 16.7. The first kappa shape index (κ1) is 17.0. The molecule has 0 fully saturated rings. The lowest BCUT2D eigenvalue weighted by Gasteiger charge is -2.30. The quantitative estimate of drug-likeness (QED) is 0.763. The smallest absolute Gasteiger partial charge is 0.478 e. The topological polar surface area (TPSA) is 52.6 Å². The van der Waals surface area contributed by atoms with Crippen molar-refractivity contribution in [3.8, 4) is 0 Å². The van der Waals surface area contributed by atoms with Crippen molar-refractivity contribution in [1.29, 1.82) is 0 Å². The SMILES string of the molecule is CCC(=O)O[Si](OC(=O)CC)(c1ccccc1)c1ccccc1. The largest absolute Gasteiger partial charge is 0.534 e.